The lowest BCUT2D eigenvalue weighted by molar-refractivity contribution is -0.111. The van der Waals surface area contributed by atoms with Gasteiger partial charge in [-0.2, -0.15) is 4.80 Å². The summed E-state index contributed by atoms with van der Waals surface area (Å²) in [6.45, 7) is 3.97. The van der Waals surface area contributed by atoms with E-state index in [1.54, 1.807) is 36.4 Å². The number of hydrogen-bond donors (Lipinski definition) is 1. The van der Waals surface area contributed by atoms with E-state index in [0.29, 0.717) is 33.7 Å². The number of carbonyl (C=O) groups is 1. The zero-order chi connectivity index (χ0) is 18.5. The Morgan fingerprint density at radius 3 is 2.96 bits per heavy atom. The minimum atomic E-state index is -0.415. The van der Waals surface area contributed by atoms with Crippen molar-refractivity contribution in [2.24, 2.45) is 0 Å². The van der Waals surface area contributed by atoms with E-state index in [2.05, 4.69) is 27.3 Å². The zero-order valence-electron chi connectivity index (χ0n) is 13.4. The minimum Gasteiger partial charge on any atom is -0.457 e. The maximum Gasteiger partial charge on any atom is 0.270 e. The van der Waals surface area contributed by atoms with Crippen LogP contribution in [0.2, 0.25) is 10.0 Å². The molecule has 0 saturated carbocycles. The molecule has 9 heteroatoms. The number of allylic oxidation sites excluding steroid dienone is 1. The molecule has 3 aromatic rings. The van der Waals surface area contributed by atoms with Gasteiger partial charge in [-0.05, 0) is 35.6 Å². The number of rotatable bonds is 6. The van der Waals surface area contributed by atoms with E-state index in [-0.39, 0.29) is 5.95 Å². The molecule has 0 aliphatic rings. The Balaban J connectivity index is 1.67. The van der Waals surface area contributed by atoms with Gasteiger partial charge in [0, 0.05) is 11.6 Å². The highest BCUT2D eigenvalue weighted by Gasteiger charge is 2.10. The van der Waals surface area contributed by atoms with Gasteiger partial charge in [-0.15, -0.1) is 11.7 Å². The number of anilines is 1. The maximum atomic E-state index is 11.9. The van der Waals surface area contributed by atoms with E-state index < -0.39 is 5.91 Å². The molecule has 2 heterocycles. The average Bonchev–Trinajstić information content (AvgIpc) is 3.25. The molecular weight excluding hydrogens is 377 g/mol. The van der Waals surface area contributed by atoms with E-state index in [0.717, 1.165) is 0 Å². The van der Waals surface area contributed by atoms with Crippen molar-refractivity contribution in [1.82, 2.24) is 20.2 Å². The topological polar surface area (TPSA) is 85.8 Å². The first-order valence-electron chi connectivity index (χ1n) is 7.49. The van der Waals surface area contributed by atoms with Crippen LogP contribution in [0.25, 0.3) is 17.4 Å². The molecular formula is C17H13Cl2N5O2. The van der Waals surface area contributed by atoms with E-state index >= 15 is 0 Å². The van der Waals surface area contributed by atoms with Crippen LogP contribution in [0.3, 0.4) is 0 Å². The molecule has 0 fully saturated rings. The zero-order valence-corrected chi connectivity index (χ0v) is 14.9. The summed E-state index contributed by atoms with van der Waals surface area (Å²) in [4.78, 5) is 13.2. The fourth-order valence-electron chi connectivity index (χ4n) is 2.08. The molecule has 132 valence electrons. The Labute approximate surface area is 158 Å². The van der Waals surface area contributed by atoms with Gasteiger partial charge in [-0.25, -0.2) is 0 Å². The van der Waals surface area contributed by atoms with Gasteiger partial charge in [0.25, 0.3) is 11.9 Å². The lowest BCUT2D eigenvalue weighted by Gasteiger charge is -2.01. The van der Waals surface area contributed by atoms with Crippen LogP contribution in [0.5, 0.6) is 0 Å². The van der Waals surface area contributed by atoms with Crippen LogP contribution in [0, 0.1) is 0 Å². The van der Waals surface area contributed by atoms with Crippen molar-refractivity contribution in [2.45, 2.75) is 6.54 Å². The number of amides is 1. The predicted molar refractivity (Wildman–Crippen MR) is 99.8 cm³/mol. The highest BCUT2D eigenvalue weighted by Crippen LogP contribution is 2.34. The number of halogens is 2. The average molecular weight is 390 g/mol. The summed E-state index contributed by atoms with van der Waals surface area (Å²) in [5, 5.41) is 14.8. The fraction of sp³-hybridized carbons (Fsp3) is 0.0588. The molecule has 0 spiro atoms. The van der Waals surface area contributed by atoms with Crippen LogP contribution >= 0.6 is 23.2 Å². The highest BCUT2D eigenvalue weighted by atomic mass is 35.5. The van der Waals surface area contributed by atoms with Gasteiger partial charge in [-0.1, -0.05) is 40.4 Å². The van der Waals surface area contributed by atoms with E-state index in [9.17, 15) is 4.79 Å². The number of tetrazole rings is 1. The van der Waals surface area contributed by atoms with E-state index in [1.807, 2.05) is 0 Å². The van der Waals surface area contributed by atoms with Crippen molar-refractivity contribution in [3.8, 4) is 11.3 Å². The quantitative estimate of drug-likeness (QED) is 0.506. The largest absolute Gasteiger partial charge is 0.457 e. The summed E-state index contributed by atoms with van der Waals surface area (Å²) in [6, 6.07) is 8.74. The fourth-order valence-corrected chi connectivity index (χ4v) is 2.47. The lowest BCUT2D eigenvalue weighted by atomic mass is 10.2. The smallest absolute Gasteiger partial charge is 0.270 e. The summed E-state index contributed by atoms with van der Waals surface area (Å²) in [6.07, 6.45) is 4.44. The second-order valence-electron chi connectivity index (χ2n) is 5.08. The minimum absolute atomic E-state index is 0.104. The van der Waals surface area contributed by atoms with Crippen molar-refractivity contribution in [3.05, 3.63) is 64.9 Å². The molecule has 0 bridgehead atoms. The summed E-state index contributed by atoms with van der Waals surface area (Å²) >= 11 is 12.2. The summed E-state index contributed by atoms with van der Waals surface area (Å²) in [7, 11) is 0. The summed E-state index contributed by atoms with van der Waals surface area (Å²) in [5.74, 6) is 0.718. The Morgan fingerprint density at radius 1 is 1.31 bits per heavy atom. The normalized spacial score (nSPS) is 11.0. The number of carbonyl (C=O) groups excluding carboxylic acids is 1. The second kappa shape index (κ2) is 7.99. The Bertz CT molecular complexity index is 977. The first-order chi connectivity index (χ1) is 12.6. The number of furan rings is 1. The molecule has 26 heavy (non-hydrogen) atoms. The van der Waals surface area contributed by atoms with Crippen LogP contribution in [-0.2, 0) is 11.3 Å². The van der Waals surface area contributed by atoms with Crippen LogP contribution in [0.4, 0.5) is 5.95 Å². The Morgan fingerprint density at radius 2 is 2.15 bits per heavy atom. The molecule has 1 amide bonds. The predicted octanol–water partition coefficient (Wildman–Crippen LogP) is 4.08. The Kier molecular flexibility index (Phi) is 5.50. The van der Waals surface area contributed by atoms with Crippen molar-refractivity contribution in [3.63, 3.8) is 0 Å². The van der Waals surface area contributed by atoms with Crippen LogP contribution in [0.1, 0.15) is 5.76 Å². The first-order valence-corrected chi connectivity index (χ1v) is 8.24. The van der Waals surface area contributed by atoms with Crippen LogP contribution in [0.15, 0.2) is 53.5 Å². The third kappa shape index (κ3) is 4.19. The van der Waals surface area contributed by atoms with Crippen LogP contribution < -0.4 is 5.32 Å². The van der Waals surface area contributed by atoms with Crippen LogP contribution in [-0.4, -0.2) is 26.1 Å². The SMILES string of the molecule is C=CCn1nnc(NC(=O)/C=C/c2ccc(-c3cccc(Cl)c3Cl)o2)n1. The van der Waals surface area contributed by atoms with Crippen molar-refractivity contribution in [1.29, 1.82) is 0 Å². The number of nitrogens with zero attached hydrogens (tertiary/aromatic N) is 4. The summed E-state index contributed by atoms with van der Waals surface area (Å²) in [5.41, 5.74) is 0.673. The monoisotopic (exact) mass is 389 g/mol. The molecule has 2 aromatic heterocycles. The molecule has 7 nitrogen and oxygen atoms in total. The highest BCUT2D eigenvalue weighted by molar-refractivity contribution is 6.43. The van der Waals surface area contributed by atoms with Gasteiger partial charge in [-0.3, -0.25) is 10.1 Å². The molecule has 0 aliphatic carbocycles. The van der Waals surface area contributed by atoms with E-state index in [1.165, 1.54) is 16.9 Å². The van der Waals surface area contributed by atoms with Gasteiger partial charge >= 0.3 is 0 Å². The van der Waals surface area contributed by atoms with Crippen molar-refractivity contribution < 1.29 is 9.21 Å². The molecule has 0 aliphatic heterocycles. The molecule has 3 rings (SSSR count). The standard InChI is InChI=1S/C17H13Cl2N5O2/c1-2-10-24-22-17(21-23-24)20-15(25)9-7-11-6-8-14(26-11)12-4-3-5-13(18)16(12)19/h2-9H,1,10H2,(H,20,22,25)/b9-7+. The van der Waals surface area contributed by atoms with E-state index in [4.69, 9.17) is 27.6 Å². The van der Waals surface area contributed by atoms with Gasteiger partial charge < -0.3 is 4.42 Å². The molecule has 0 unspecified atom stereocenters. The van der Waals surface area contributed by atoms with Gasteiger partial charge in [0.2, 0.25) is 0 Å². The molecule has 0 radical (unpaired) electrons. The van der Waals surface area contributed by atoms with Gasteiger partial charge in [0.15, 0.2) is 0 Å². The molecule has 0 atom stereocenters. The number of aromatic nitrogens is 4. The lowest BCUT2D eigenvalue weighted by Crippen LogP contribution is -2.09. The van der Waals surface area contributed by atoms with Gasteiger partial charge in [0.05, 0.1) is 16.6 Å². The number of nitrogens with one attached hydrogen (secondary N) is 1. The number of hydrogen-bond acceptors (Lipinski definition) is 5. The third-order valence-corrected chi connectivity index (χ3v) is 4.04. The number of benzene rings is 1. The van der Waals surface area contributed by atoms with Crippen molar-refractivity contribution >= 4 is 41.1 Å². The third-order valence-electron chi connectivity index (χ3n) is 3.22. The second-order valence-corrected chi connectivity index (χ2v) is 5.87. The molecule has 1 N–H and O–H groups in total. The maximum absolute atomic E-state index is 11.9. The van der Waals surface area contributed by atoms with Crippen molar-refractivity contribution in [2.75, 3.05) is 5.32 Å². The Hall–Kier alpha value is -2.90. The molecule has 0 saturated heterocycles. The summed E-state index contributed by atoms with van der Waals surface area (Å²) < 4.78 is 5.67. The first kappa shape index (κ1) is 17.9. The molecule has 1 aromatic carbocycles. The van der Waals surface area contributed by atoms with Gasteiger partial charge in [0.1, 0.15) is 11.5 Å².